The van der Waals surface area contributed by atoms with Crippen molar-refractivity contribution in [1.29, 1.82) is 0 Å². The second-order valence-electron chi connectivity index (χ2n) is 6.81. The first-order valence-corrected chi connectivity index (χ1v) is 8.91. The molecule has 1 N–H and O–H groups in total. The number of nitrogens with one attached hydrogen (secondary N) is 1. The molecule has 0 unspecified atom stereocenters. The molecule has 7 heteroatoms. The van der Waals surface area contributed by atoms with E-state index in [1.165, 1.54) is 0 Å². The summed E-state index contributed by atoms with van der Waals surface area (Å²) < 4.78 is 5.29. The quantitative estimate of drug-likeness (QED) is 0.723. The van der Waals surface area contributed by atoms with Gasteiger partial charge in [0, 0.05) is 22.5 Å². The van der Waals surface area contributed by atoms with Crippen LogP contribution in [0.25, 0.3) is 10.9 Å². The lowest BCUT2D eigenvalue weighted by molar-refractivity contribution is 0.0934. The van der Waals surface area contributed by atoms with Gasteiger partial charge in [-0.3, -0.25) is 9.78 Å². The van der Waals surface area contributed by atoms with Gasteiger partial charge in [0.15, 0.2) is 5.82 Å². The van der Waals surface area contributed by atoms with E-state index in [-0.39, 0.29) is 5.91 Å². The van der Waals surface area contributed by atoms with Gasteiger partial charge in [-0.25, -0.2) is 0 Å². The second kappa shape index (κ2) is 7.41. The average molecular weight is 373 g/mol. The zero-order valence-corrected chi connectivity index (χ0v) is 16.0. The van der Waals surface area contributed by atoms with Crippen LogP contribution in [0.4, 0.5) is 0 Å². The lowest BCUT2D eigenvalue weighted by Gasteiger charge is -2.12. The van der Waals surface area contributed by atoms with E-state index in [1.54, 1.807) is 24.3 Å². The molecular weight excluding hydrogens is 352 g/mol. The molecule has 0 bridgehead atoms. The van der Waals surface area contributed by atoms with E-state index >= 15 is 0 Å². The molecule has 0 aliphatic heterocycles. The van der Waals surface area contributed by atoms with Crippen molar-refractivity contribution in [2.24, 2.45) is 5.92 Å². The number of rotatable bonds is 5. The van der Waals surface area contributed by atoms with E-state index in [4.69, 9.17) is 16.1 Å². The van der Waals surface area contributed by atoms with Gasteiger partial charge in [-0.1, -0.05) is 36.7 Å². The fraction of sp³-hybridized carbons (Fsp3) is 0.368. The van der Waals surface area contributed by atoms with Gasteiger partial charge >= 0.3 is 0 Å². The Kier molecular flexibility index (Phi) is 5.23. The summed E-state index contributed by atoms with van der Waals surface area (Å²) in [5.41, 5.74) is 1.97. The molecule has 0 saturated heterocycles. The van der Waals surface area contributed by atoms with E-state index < -0.39 is 6.04 Å². The average Bonchev–Trinajstić information content (AvgIpc) is 3.01. The van der Waals surface area contributed by atoms with Crippen molar-refractivity contribution in [2.75, 3.05) is 0 Å². The fourth-order valence-corrected chi connectivity index (χ4v) is 2.92. The Hall–Kier alpha value is -2.47. The highest BCUT2D eigenvalue weighted by molar-refractivity contribution is 6.31. The highest BCUT2D eigenvalue weighted by Crippen LogP contribution is 2.23. The summed E-state index contributed by atoms with van der Waals surface area (Å²) in [6.45, 7) is 7.84. The molecule has 1 aromatic carbocycles. The molecule has 2 aromatic heterocycles. The Morgan fingerprint density at radius 3 is 2.73 bits per heavy atom. The number of amides is 1. The van der Waals surface area contributed by atoms with Crippen LogP contribution in [0.5, 0.6) is 0 Å². The van der Waals surface area contributed by atoms with Gasteiger partial charge in [0.05, 0.1) is 11.1 Å². The normalized spacial score (nSPS) is 12.5. The van der Waals surface area contributed by atoms with Gasteiger partial charge in [0.25, 0.3) is 5.91 Å². The number of aromatic nitrogens is 3. The van der Waals surface area contributed by atoms with Crippen molar-refractivity contribution in [3.8, 4) is 0 Å². The summed E-state index contributed by atoms with van der Waals surface area (Å²) >= 11 is 6.04. The van der Waals surface area contributed by atoms with Gasteiger partial charge in [0.1, 0.15) is 6.04 Å². The number of hydrogen-bond acceptors (Lipinski definition) is 5. The van der Waals surface area contributed by atoms with Crippen LogP contribution in [0.15, 0.2) is 28.8 Å². The van der Waals surface area contributed by atoms with Crippen molar-refractivity contribution in [2.45, 2.75) is 40.2 Å². The summed E-state index contributed by atoms with van der Waals surface area (Å²) in [5, 5.41) is 8.21. The van der Waals surface area contributed by atoms with Crippen LogP contribution in [-0.2, 0) is 6.42 Å². The van der Waals surface area contributed by atoms with Crippen molar-refractivity contribution >= 4 is 28.4 Å². The molecule has 3 aromatic rings. The standard InChI is InChI=1S/C19H21ClN4O2/c1-10(2)7-17-23-19(26-24-17)12(4)22-18(25)15-8-11(3)21-16-9-13(20)5-6-14(15)16/h5-6,8-10,12H,7H2,1-4H3,(H,22,25)/t12-/m1/s1. The molecule has 0 radical (unpaired) electrons. The third kappa shape index (κ3) is 4.02. The monoisotopic (exact) mass is 372 g/mol. The molecule has 1 atom stereocenters. The van der Waals surface area contributed by atoms with Gasteiger partial charge in [-0.2, -0.15) is 4.98 Å². The minimum atomic E-state index is -0.397. The molecule has 136 valence electrons. The third-order valence-electron chi connectivity index (χ3n) is 3.94. The minimum absolute atomic E-state index is 0.223. The zero-order chi connectivity index (χ0) is 18.8. The number of carbonyl (C=O) groups excluding carboxylic acids is 1. The number of fused-ring (bicyclic) bond motifs is 1. The van der Waals surface area contributed by atoms with Crippen molar-refractivity contribution in [1.82, 2.24) is 20.4 Å². The largest absolute Gasteiger partial charge is 0.340 e. The van der Waals surface area contributed by atoms with Crippen molar-refractivity contribution < 1.29 is 9.32 Å². The molecule has 0 aliphatic rings. The summed E-state index contributed by atoms with van der Waals surface area (Å²) in [6.07, 6.45) is 0.735. The zero-order valence-electron chi connectivity index (χ0n) is 15.2. The lowest BCUT2D eigenvalue weighted by Crippen LogP contribution is -2.27. The van der Waals surface area contributed by atoms with E-state index in [1.807, 2.05) is 13.8 Å². The molecule has 0 spiro atoms. The predicted octanol–water partition coefficient (Wildman–Crippen LogP) is 4.27. The van der Waals surface area contributed by atoms with E-state index in [0.717, 1.165) is 17.5 Å². The topological polar surface area (TPSA) is 80.9 Å². The molecule has 1 amide bonds. The summed E-state index contributed by atoms with van der Waals surface area (Å²) in [5.74, 6) is 1.25. The Morgan fingerprint density at radius 1 is 1.23 bits per heavy atom. The molecular formula is C19H21ClN4O2. The molecule has 6 nitrogen and oxygen atoms in total. The van der Waals surface area contributed by atoms with Crippen LogP contribution in [0, 0.1) is 12.8 Å². The molecule has 2 heterocycles. The molecule has 0 aliphatic carbocycles. The van der Waals surface area contributed by atoms with Gasteiger partial charge in [-0.05, 0) is 38.0 Å². The second-order valence-corrected chi connectivity index (χ2v) is 7.25. The summed E-state index contributed by atoms with van der Waals surface area (Å²) in [7, 11) is 0. The van der Waals surface area contributed by atoms with Crippen LogP contribution < -0.4 is 5.32 Å². The van der Waals surface area contributed by atoms with E-state index in [0.29, 0.717) is 33.7 Å². The Morgan fingerprint density at radius 2 is 2.00 bits per heavy atom. The van der Waals surface area contributed by atoms with Gasteiger partial charge in [-0.15, -0.1) is 0 Å². The van der Waals surface area contributed by atoms with Gasteiger partial charge in [0.2, 0.25) is 5.89 Å². The number of pyridine rings is 1. The molecule has 26 heavy (non-hydrogen) atoms. The van der Waals surface area contributed by atoms with Crippen LogP contribution >= 0.6 is 11.6 Å². The van der Waals surface area contributed by atoms with Crippen LogP contribution in [-0.4, -0.2) is 21.0 Å². The molecule has 0 saturated carbocycles. The van der Waals surface area contributed by atoms with E-state index in [2.05, 4.69) is 34.3 Å². The number of halogens is 1. The van der Waals surface area contributed by atoms with Gasteiger partial charge < -0.3 is 9.84 Å². The van der Waals surface area contributed by atoms with Crippen LogP contribution in [0.1, 0.15) is 54.6 Å². The number of aryl methyl sites for hydroxylation is 1. The number of benzene rings is 1. The number of nitrogens with zero attached hydrogens (tertiary/aromatic N) is 3. The lowest BCUT2D eigenvalue weighted by atomic mass is 10.1. The van der Waals surface area contributed by atoms with Crippen molar-refractivity contribution in [3.63, 3.8) is 0 Å². The Balaban J connectivity index is 1.83. The SMILES string of the molecule is Cc1cc(C(=O)N[C@H](C)c2nc(CC(C)C)no2)c2ccc(Cl)cc2n1. The van der Waals surface area contributed by atoms with Crippen LogP contribution in [0.2, 0.25) is 5.02 Å². The Bertz CT molecular complexity index is 947. The first-order chi connectivity index (χ1) is 12.3. The smallest absolute Gasteiger partial charge is 0.252 e. The predicted molar refractivity (Wildman–Crippen MR) is 100 cm³/mol. The molecule has 3 rings (SSSR count). The minimum Gasteiger partial charge on any atom is -0.340 e. The number of hydrogen-bond donors (Lipinski definition) is 1. The van der Waals surface area contributed by atoms with Crippen LogP contribution in [0.3, 0.4) is 0 Å². The van der Waals surface area contributed by atoms with Crippen molar-refractivity contribution in [3.05, 3.63) is 52.3 Å². The maximum absolute atomic E-state index is 12.8. The van der Waals surface area contributed by atoms with E-state index in [9.17, 15) is 4.79 Å². The fourth-order valence-electron chi connectivity index (χ4n) is 2.75. The first kappa shape index (κ1) is 18.3. The maximum Gasteiger partial charge on any atom is 0.252 e. The molecule has 0 fully saturated rings. The first-order valence-electron chi connectivity index (χ1n) is 8.53. The highest BCUT2D eigenvalue weighted by Gasteiger charge is 2.20. The Labute approximate surface area is 157 Å². The summed E-state index contributed by atoms with van der Waals surface area (Å²) in [6, 6.07) is 6.66. The third-order valence-corrected chi connectivity index (χ3v) is 4.17. The highest BCUT2D eigenvalue weighted by atomic mass is 35.5. The summed E-state index contributed by atoms with van der Waals surface area (Å²) in [4.78, 5) is 21.6. The maximum atomic E-state index is 12.8. The number of carbonyl (C=O) groups is 1.